The Morgan fingerprint density at radius 2 is 2.62 bits per heavy atom. The number of imidazole rings is 1. The van der Waals surface area contributed by atoms with Crippen LogP contribution >= 0.6 is 11.3 Å². The number of nitrogens with one attached hydrogen (secondary N) is 1. The predicted molar refractivity (Wildman–Crippen MR) is 50.7 cm³/mol. The van der Waals surface area contributed by atoms with E-state index in [0.29, 0.717) is 6.41 Å². The lowest BCUT2D eigenvalue weighted by Crippen LogP contribution is -2.18. The zero-order valence-electron chi connectivity index (χ0n) is 7.10. The number of carbonyl (C=O) groups excluding carboxylic acids is 1. The molecule has 2 aromatic heterocycles. The van der Waals surface area contributed by atoms with Crippen LogP contribution in [0.15, 0.2) is 17.8 Å². The summed E-state index contributed by atoms with van der Waals surface area (Å²) in [6.07, 6.45) is 4.45. The molecule has 2 aromatic rings. The molecule has 0 aromatic carbocycles. The first-order valence-corrected chi connectivity index (χ1v) is 4.81. The molecule has 1 amide bonds. The van der Waals surface area contributed by atoms with E-state index >= 15 is 0 Å². The highest BCUT2D eigenvalue weighted by molar-refractivity contribution is 7.15. The average Bonchev–Trinajstić information content (AvgIpc) is 2.62. The first kappa shape index (κ1) is 8.25. The van der Waals surface area contributed by atoms with Crippen molar-refractivity contribution in [1.82, 2.24) is 14.7 Å². The number of fused-ring (bicyclic) bond motifs is 1. The number of nitrogens with zero attached hydrogens (tertiary/aromatic N) is 2. The van der Waals surface area contributed by atoms with Crippen molar-refractivity contribution in [2.45, 2.75) is 13.0 Å². The molecule has 0 saturated heterocycles. The van der Waals surface area contributed by atoms with E-state index in [9.17, 15) is 4.79 Å². The van der Waals surface area contributed by atoms with Crippen LogP contribution in [0.1, 0.15) is 18.8 Å². The van der Waals surface area contributed by atoms with Gasteiger partial charge in [0.25, 0.3) is 0 Å². The lowest BCUT2D eigenvalue weighted by molar-refractivity contribution is -0.110. The SMILES string of the molecule is CC(NC=O)c1ncc2sccn12. The van der Waals surface area contributed by atoms with Gasteiger partial charge in [0.1, 0.15) is 10.7 Å². The molecule has 0 spiro atoms. The van der Waals surface area contributed by atoms with Gasteiger partial charge in [0.2, 0.25) is 6.41 Å². The van der Waals surface area contributed by atoms with Crippen molar-refractivity contribution in [3.63, 3.8) is 0 Å². The normalized spacial score (nSPS) is 13.0. The van der Waals surface area contributed by atoms with Gasteiger partial charge in [-0.2, -0.15) is 0 Å². The Balaban J connectivity index is 2.42. The molecule has 13 heavy (non-hydrogen) atoms. The molecule has 0 aliphatic heterocycles. The maximum atomic E-state index is 10.2. The minimum Gasteiger partial charge on any atom is -0.349 e. The van der Waals surface area contributed by atoms with Crippen LogP contribution in [0.5, 0.6) is 0 Å². The zero-order valence-corrected chi connectivity index (χ0v) is 7.91. The van der Waals surface area contributed by atoms with Gasteiger partial charge in [-0.05, 0) is 6.92 Å². The van der Waals surface area contributed by atoms with Crippen molar-refractivity contribution >= 4 is 22.6 Å². The van der Waals surface area contributed by atoms with Gasteiger partial charge >= 0.3 is 0 Å². The van der Waals surface area contributed by atoms with Gasteiger partial charge in [0.05, 0.1) is 12.2 Å². The number of aromatic nitrogens is 2. The van der Waals surface area contributed by atoms with Crippen molar-refractivity contribution in [3.8, 4) is 0 Å². The van der Waals surface area contributed by atoms with Gasteiger partial charge in [0, 0.05) is 11.6 Å². The van der Waals surface area contributed by atoms with Gasteiger partial charge in [0.15, 0.2) is 0 Å². The first-order chi connectivity index (χ1) is 6.33. The fourth-order valence-electron chi connectivity index (χ4n) is 1.25. The highest BCUT2D eigenvalue weighted by Crippen LogP contribution is 2.17. The van der Waals surface area contributed by atoms with E-state index in [2.05, 4.69) is 10.3 Å². The Kier molecular flexibility index (Phi) is 2.02. The number of thiazole rings is 1. The maximum absolute atomic E-state index is 10.2. The fraction of sp³-hybridized carbons (Fsp3) is 0.250. The summed E-state index contributed by atoms with van der Waals surface area (Å²) in [5.74, 6) is 0.864. The molecule has 0 aliphatic rings. The second kappa shape index (κ2) is 3.18. The quantitative estimate of drug-likeness (QED) is 0.748. The van der Waals surface area contributed by atoms with Crippen molar-refractivity contribution in [2.75, 3.05) is 0 Å². The molecule has 1 atom stereocenters. The molecule has 0 radical (unpaired) electrons. The van der Waals surface area contributed by atoms with Crippen molar-refractivity contribution in [1.29, 1.82) is 0 Å². The summed E-state index contributed by atoms with van der Waals surface area (Å²) in [4.78, 5) is 15.6. The molecule has 68 valence electrons. The standard InChI is InChI=1S/C8H9N3OS/c1-6(10-5-12)8-9-4-7-11(8)2-3-13-7/h2-6H,1H3,(H,10,12). The lowest BCUT2D eigenvalue weighted by atomic mass is 10.3. The second-order valence-corrected chi connectivity index (χ2v) is 3.66. The third kappa shape index (κ3) is 1.31. The van der Waals surface area contributed by atoms with Gasteiger partial charge in [-0.25, -0.2) is 4.98 Å². The Hall–Kier alpha value is -1.36. The number of carbonyl (C=O) groups is 1. The second-order valence-electron chi connectivity index (χ2n) is 2.73. The van der Waals surface area contributed by atoms with Crippen molar-refractivity contribution in [3.05, 3.63) is 23.6 Å². The van der Waals surface area contributed by atoms with E-state index in [1.807, 2.05) is 29.1 Å². The maximum Gasteiger partial charge on any atom is 0.207 e. The Morgan fingerprint density at radius 3 is 3.38 bits per heavy atom. The highest BCUT2D eigenvalue weighted by atomic mass is 32.1. The van der Waals surface area contributed by atoms with Gasteiger partial charge in [-0.15, -0.1) is 11.3 Å². The molecule has 1 unspecified atom stereocenters. The summed E-state index contributed by atoms with van der Waals surface area (Å²) < 4.78 is 1.98. The van der Waals surface area contributed by atoms with E-state index in [1.54, 1.807) is 11.3 Å². The molecule has 2 rings (SSSR count). The first-order valence-electron chi connectivity index (χ1n) is 3.93. The van der Waals surface area contributed by atoms with Crippen LogP contribution in [-0.2, 0) is 4.79 Å². The summed E-state index contributed by atoms with van der Waals surface area (Å²) in [5, 5.41) is 4.66. The molecular formula is C8H9N3OS. The van der Waals surface area contributed by atoms with Crippen molar-refractivity contribution < 1.29 is 4.79 Å². The van der Waals surface area contributed by atoms with Crippen LogP contribution in [0.25, 0.3) is 4.83 Å². The van der Waals surface area contributed by atoms with E-state index in [4.69, 9.17) is 0 Å². The summed E-state index contributed by atoms with van der Waals surface area (Å²) >= 11 is 1.63. The monoisotopic (exact) mass is 195 g/mol. The molecule has 1 N–H and O–H groups in total. The van der Waals surface area contributed by atoms with Crippen LogP contribution in [0.4, 0.5) is 0 Å². The van der Waals surface area contributed by atoms with E-state index in [-0.39, 0.29) is 6.04 Å². The summed E-state index contributed by atoms with van der Waals surface area (Å²) in [6.45, 7) is 1.90. The predicted octanol–water partition coefficient (Wildman–Crippen LogP) is 1.20. The fourth-order valence-corrected chi connectivity index (χ4v) is 1.96. The van der Waals surface area contributed by atoms with Crippen molar-refractivity contribution in [2.24, 2.45) is 0 Å². The smallest absolute Gasteiger partial charge is 0.207 e. The minimum absolute atomic E-state index is 0.0467. The third-order valence-electron chi connectivity index (χ3n) is 1.90. The number of amides is 1. The van der Waals surface area contributed by atoms with E-state index in [1.165, 1.54) is 0 Å². The molecule has 0 aliphatic carbocycles. The van der Waals surface area contributed by atoms with Crippen LogP contribution in [0, 0.1) is 0 Å². The summed E-state index contributed by atoms with van der Waals surface area (Å²) in [6, 6.07) is -0.0467. The molecule has 0 bridgehead atoms. The Morgan fingerprint density at radius 1 is 1.77 bits per heavy atom. The lowest BCUT2D eigenvalue weighted by Gasteiger charge is -2.06. The summed E-state index contributed by atoms with van der Waals surface area (Å²) in [7, 11) is 0. The number of rotatable bonds is 3. The third-order valence-corrected chi connectivity index (χ3v) is 2.70. The minimum atomic E-state index is -0.0467. The molecule has 5 heteroatoms. The van der Waals surface area contributed by atoms with E-state index < -0.39 is 0 Å². The van der Waals surface area contributed by atoms with Crippen LogP contribution in [-0.4, -0.2) is 15.8 Å². The largest absolute Gasteiger partial charge is 0.349 e. The van der Waals surface area contributed by atoms with Gasteiger partial charge in [-0.3, -0.25) is 9.20 Å². The molecule has 0 fully saturated rings. The van der Waals surface area contributed by atoms with Crippen LogP contribution in [0.3, 0.4) is 0 Å². The Bertz CT molecular complexity index is 420. The molecule has 2 heterocycles. The number of hydrogen-bond donors (Lipinski definition) is 1. The average molecular weight is 195 g/mol. The topological polar surface area (TPSA) is 46.4 Å². The molecular weight excluding hydrogens is 186 g/mol. The van der Waals surface area contributed by atoms with Crippen LogP contribution in [0.2, 0.25) is 0 Å². The summed E-state index contributed by atoms with van der Waals surface area (Å²) in [5.41, 5.74) is 0. The van der Waals surface area contributed by atoms with Gasteiger partial charge < -0.3 is 5.32 Å². The van der Waals surface area contributed by atoms with Crippen LogP contribution < -0.4 is 5.32 Å². The zero-order chi connectivity index (χ0) is 9.26. The van der Waals surface area contributed by atoms with E-state index in [0.717, 1.165) is 10.7 Å². The van der Waals surface area contributed by atoms with Gasteiger partial charge in [-0.1, -0.05) is 0 Å². The number of hydrogen-bond acceptors (Lipinski definition) is 3. The highest BCUT2D eigenvalue weighted by Gasteiger charge is 2.10. The Labute approximate surface area is 79.2 Å². The molecule has 4 nitrogen and oxygen atoms in total. The molecule has 0 saturated carbocycles.